The SMILES string of the molecule is COCC(NCC1(CO)CCCCC1)C(C)C. The topological polar surface area (TPSA) is 41.5 Å². The summed E-state index contributed by atoms with van der Waals surface area (Å²) in [6, 6.07) is 0.394. The van der Waals surface area contributed by atoms with Crippen molar-refractivity contribution in [3.63, 3.8) is 0 Å². The first-order chi connectivity index (χ1) is 8.13. The number of ether oxygens (including phenoxy) is 1. The maximum absolute atomic E-state index is 9.65. The van der Waals surface area contributed by atoms with Gasteiger partial charge in [0, 0.05) is 31.7 Å². The van der Waals surface area contributed by atoms with Crippen molar-refractivity contribution >= 4 is 0 Å². The fourth-order valence-corrected chi connectivity index (χ4v) is 2.71. The van der Waals surface area contributed by atoms with Gasteiger partial charge in [-0.15, -0.1) is 0 Å². The van der Waals surface area contributed by atoms with Crippen LogP contribution in [-0.4, -0.2) is 38.0 Å². The monoisotopic (exact) mass is 243 g/mol. The zero-order valence-electron chi connectivity index (χ0n) is 11.7. The highest BCUT2D eigenvalue weighted by Crippen LogP contribution is 2.35. The van der Waals surface area contributed by atoms with Gasteiger partial charge in [0.25, 0.3) is 0 Å². The lowest BCUT2D eigenvalue weighted by Crippen LogP contribution is -2.46. The van der Waals surface area contributed by atoms with Crippen LogP contribution in [0.4, 0.5) is 0 Å². The molecule has 2 N–H and O–H groups in total. The number of hydrogen-bond donors (Lipinski definition) is 2. The van der Waals surface area contributed by atoms with E-state index in [1.807, 2.05) is 0 Å². The summed E-state index contributed by atoms with van der Waals surface area (Å²) in [5.74, 6) is 0.564. The Morgan fingerprint density at radius 2 is 1.88 bits per heavy atom. The second kappa shape index (κ2) is 7.34. The maximum atomic E-state index is 9.65. The Labute approximate surface area is 106 Å². The van der Waals surface area contributed by atoms with Crippen LogP contribution >= 0.6 is 0 Å². The molecular formula is C14H29NO2. The van der Waals surface area contributed by atoms with Gasteiger partial charge >= 0.3 is 0 Å². The molecule has 0 aromatic heterocycles. The van der Waals surface area contributed by atoms with Gasteiger partial charge in [0.1, 0.15) is 0 Å². The standard InChI is InChI=1S/C14H29NO2/c1-12(2)13(9-17-3)15-10-14(11-16)7-5-4-6-8-14/h12-13,15-16H,4-11H2,1-3H3. The van der Waals surface area contributed by atoms with Crippen molar-refractivity contribution in [1.82, 2.24) is 5.32 Å². The number of aliphatic hydroxyl groups excluding tert-OH is 1. The molecule has 0 bridgehead atoms. The van der Waals surface area contributed by atoms with Crippen molar-refractivity contribution in [3.8, 4) is 0 Å². The molecule has 1 unspecified atom stereocenters. The van der Waals surface area contributed by atoms with Crippen LogP contribution in [0.15, 0.2) is 0 Å². The molecule has 1 saturated carbocycles. The zero-order chi connectivity index (χ0) is 12.7. The third-order valence-electron chi connectivity index (χ3n) is 4.14. The van der Waals surface area contributed by atoms with Crippen molar-refractivity contribution in [2.45, 2.75) is 52.0 Å². The Kier molecular flexibility index (Phi) is 6.45. The number of rotatable bonds is 7. The highest BCUT2D eigenvalue weighted by Gasteiger charge is 2.32. The predicted molar refractivity (Wildman–Crippen MR) is 71.1 cm³/mol. The second-order valence-corrected chi connectivity index (χ2v) is 5.91. The Morgan fingerprint density at radius 1 is 1.24 bits per heavy atom. The van der Waals surface area contributed by atoms with Gasteiger partial charge in [-0.2, -0.15) is 0 Å². The summed E-state index contributed by atoms with van der Waals surface area (Å²) >= 11 is 0. The van der Waals surface area contributed by atoms with Gasteiger partial charge in [0.2, 0.25) is 0 Å². The molecule has 0 heterocycles. The summed E-state index contributed by atoms with van der Waals surface area (Å²) in [4.78, 5) is 0. The molecule has 1 aliphatic rings. The Hall–Kier alpha value is -0.120. The quantitative estimate of drug-likeness (QED) is 0.720. The maximum Gasteiger partial charge on any atom is 0.0618 e. The fraction of sp³-hybridized carbons (Fsp3) is 1.00. The summed E-state index contributed by atoms with van der Waals surface area (Å²) in [6.45, 7) is 6.42. The van der Waals surface area contributed by atoms with Crippen LogP contribution in [-0.2, 0) is 4.74 Å². The molecule has 1 fully saturated rings. The summed E-state index contributed by atoms with van der Waals surface area (Å²) in [5.41, 5.74) is 0.124. The summed E-state index contributed by atoms with van der Waals surface area (Å²) in [7, 11) is 1.75. The molecule has 0 amide bonds. The van der Waals surface area contributed by atoms with E-state index in [0.29, 0.717) is 18.6 Å². The molecule has 102 valence electrons. The first-order valence-electron chi connectivity index (χ1n) is 6.97. The highest BCUT2D eigenvalue weighted by molar-refractivity contribution is 4.86. The molecule has 1 rings (SSSR count). The average molecular weight is 243 g/mol. The van der Waals surface area contributed by atoms with Crippen molar-refractivity contribution in [3.05, 3.63) is 0 Å². The van der Waals surface area contributed by atoms with E-state index in [0.717, 1.165) is 26.0 Å². The Morgan fingerprint density at radius 3 is 2.35 bits per heavy atom. The summed E-state index contributed by atoms with van der Waals surface area (Å²) < 4.78 is 5.25. The normalized spacial score (nSPS) is 21.7. The molecule has 0 aliphatic heterocycles. The molecule has 1 aliphatic carbocycles. The Balaban J connectivity index is 2.44. The van der Waals surface area contributed by atoms with Crippen molar-refractivity contribution in [1.29, 1.82) is 0 Å². The average Bonchev–Trinajstić information content (AvgIpc) is 2.35. The van der Waals surface area contributed by atoms with E-state index in [1.54, 1.807) is 7.11 Å². The van der Waals surface area contributed by atoms with Crippen molar-refractivity contribution in [2.75, 3.05) is 26.9 Å². The number of hydrogen-bond acceptors (Lipinski definition) is 3. The van der Waals surface area contributed by atoms with Crippen LogP contribution in [0, 0.1) is 11.3 Å². The van der Waals surface area contributed by atoms with E-state index >= 15 is 0 Å². The van der Waals surface area contributed by atoms with Crippen LogP contribution in [0.25, 0.3) is 0 Å². The van der Waals surface area contributed by atoms with E-state index in [-0.39, 0.29) is 5.41 Å². The van der Waals surface area contributed by atoms with Gasteiger partial charge in [-0.25, -0.2) is 0 Å². The number of aliphatic hydroxyl groups is 1. The fourth-order valence-electron chi connectivity index (χ4n) is 2.71. The van der Waals surface area contributed by atoms with E-state index in [1.165, 1.54) is 19.3 Å². The van der Waals surface area contributed by atoms with Crippen LogP contribution in [0.5, 0.6) is 0 Å². The highest BCUT2D eigenvalue weighted by atomic mass is 16.5. The smallest absolute Gasteiger partial charge is 0.0618 e. The molecular weight excluding hydrogens is 214 g/mol. The Bertz CT molecular complexity index is 200. The third-order valence-corrected chi connectivity index (χ3v) is 4.14. The minimum Gasteiger partial charge on any atom is -0.396 e. The predicted octanol–water partition coefficient (Wildman–Crippen LogP) is 2.19. The largest absolute Gasteiger partial charge is 0.396 e. The van der Waals surface area contributed by atoms with Gasteiger partial charge in [-0.3, -0.25) is 0 Å². The van der Waals surface area contributed by atoms with E-state index in [2.05, 4.69) is 19.2 Å². The molecule has 0 aromatic carbocycles. The zero-order valence-corrected chi connectivity index (χ0v) is 11.7. The number of nitrogens with one attached hydrogen (secondary N) is 1. The lowest BCUT2D eigenvalue weighted by atomic mass is 9.74. The molecule has 3 heteroatoms. The molecule has 0 saturated heterocycles. The summed E-state index contributed by atoms with van der Waals surface area (Å²) in [6.07, 6.45) is 6.17. The van der Waals surface area contributed by atoms with Gasteiger partial charge in [0.05, 0.1) is 6.61 Å². The molecule has 0 radical (unpaired) electrons. The molecule has 17 heavy (non-hydrogen) atoms. The van der Waals surface area contributed by atoms with Crippen LogP contribution in [0.1, 0.15) is 46.0 Å². The molecule has 0 aromatic rings. The van der Waals surface area contributed by atoms with Gasteiger partial charge in [0.15, 0.2) is 0 Å². The molecule has 0 spiro atoms. The van der Waals surface area contributed by atoms with Crippen molar-refractivity contribution < 1.29 is 9.84 Å². The first kappa shape index (κ1) is 14.9. The summed E-state index contributed by atoms with van der Waals surface area (Å²) in [5, 5.41) is 13.2. The van der Waals surface area contributed by atoms with E-state index < -0.39 is 0 Å². The number of methoxy groups -OCH3 is 1. The third kappa shape index (κ3) is 4.57. The van der Waals surface area contributed by atoms with Gasteiger partial charge < -0.3 is 15.2 Å². The molecule has 3 nitrogen and oxygen atoms in total. The minimum atomic E-state index is 0.124. The van der Waals surface area contributed by atoms with Crippen LogP contribution in [0.2, 0.25) is 0 Å². The lowest BCUT2D eigenvalue weighted by molar-refractivity contribution is 0.0676. The van der Waals surface area contributed by atoms with Crippen LogP contribution in [0.3, 0.4) is 0 Å². The van der Waals surface area contributed by atoms with Crippen molar-refractivity contribution in [2.24, 2.45) is 11.3 Å². The minimum absolute atomic E-state index is 0.124. The van der Waals surface area contributed by atoms with Gasteiger partial charge in [-0.05, 0) is 18.8 Å². The van der Waals surface area contributed by atoms with Crippen LogP contribution < -0.4 is 5.32 Å². The second-order valence-electron chi connectivity index (χ2n) is 5.91. The van der Waals surface area contributed by atoms with E-state index in [9.17, 15) is 5.11 Å². The van der Waals surface area contributed by atoms with Gasteiger partial charge in [-0.1, -0.05) is 33.1 Å². The molecule has 1 atom stereocenters. The first-order valence-corrected chi connectivity index (χ1v) is 6.97. The van der Waals surface area contributed by atoms with E-state index in [4.69, 9.17) is 4.74 Å². The lowest BCUT2D eigenvalue weighted by Gasteiger charge is -2.37.